The van der Waals surface area contributed by atoms with Crippen LogP contribution in [0.1, 0.15) is 41.6 Å². The lowest BCUT2D eigenvalue weighted by Crippen LogP contribution is -2.44. The van der Waals surface area contributed by atoms with Crippen molar-refractivity contribution in [1.29, 1.82) is 0 Å². The molecule has 0 spiro atoms. The number of guanidine groups is 1. The molecule has 10 heteroatoms. The number of likely N-dealkylation sites (N-methyl/N-ethyl adjacent to an activating group) is 1. The molecule has 206 valence electrons. The zero-order valence-corrected chi connectivity index (χ0v) is 22.6. The topological polar surface area (TPSA) is 118 Å². The number of aromatic nitrogens is 2. The third-order valence-electron chi connectivity index (χ3n) is 8.87. The third kappa shape index (κ3) is 4.83. The summed E-state index contributed by atoms with van der Waals surface area (Å²) >= 11 is 0. The Morgan fingerprint density at radius 3 is 2.67 bits per heavy atom. The molecule has 4 N–H and O–H groups in total. The van der Waals surface area contributed by atoms with Gasteiger partial charge in [-0.05, 0) is 74.6 Å². The van der Waals surface area contributed by atoms with Gasteiger partial charge in [-0.25, -0.2) is 9.98 Å². The van der Waals surface area contributed by atoms with Crippen LogP contribution in [-0.2, 0) is 4.79 Å². The highest BCUT2D eigenvalue weighted by Gasteiger charge is 2.40. The Morgan fingerprint density at radius 1 is 1.10 bits per heavy atom. The smallest absolute Gasteiger partial charge is 0.276 e. The molecular weight excluding hydrogens is 504 g/mol. The minimum Gasteiger partial charge on any atom is -0.369 e. The number of carbonyl (C=O) groups is 2. The largest absolute Gasteiger partial charge is 0.369 e. The van der Waals surface area contributed by atoms with E-state index in [0.29, 0.717) is 40.5 Å². The number of aromatic amines is 1. The van der Waals surface area contributed by atoms with Gasteiger partial charge in [0.2, 0.25) is 5.96 Å². The third-order valence-corrected chi connectivity index (χ3v) is 8.87. The average Bonchev–Trinajstić information content (AvgIpc) is 3.75. The normalized spacial score (nSPS) is 25.5. The van der Waals surface area contributed by atoms with Crippen LogP contribution in [0.15, 0.2) is 53.4 Å². The predicted octanol–water partition coefficient (Wildman–Crippen LogP) is 3.17. The highest BCUT2D eigenvalue weighted by Crippen LogP contribution is 2.44. The van der Waals surface area contributed by atoms with E-state index < -0.39 is 0 Å². The van der Waals surface area contributed by atoms with Gasteiger partial charge in [-0.3, -0.25) is 14.9 Å². The number of piperazine rings is 1. The Bertz CT molecular complexity index is 1520. The standard InChI is InChI=1S/C30H34N8O2/c1-37-8-10-38(11-9-37)23-6-4-19(5-7-23)28(39)33-22-15-24-21(16-31-27(24)32-17-22)14-26-29(40)36-30(35-26)34-25-13-18-2-3-20(25)12-18/h4-7,14-18,20,25H,2-3,8-13H2,1H3,(H,31,32)(H,33,39)(H2,34,35,36,40). The number of H-pyrrole nitrogens is 1. The van der Waals surface area contributed by atoms with Gasteiger partial charge in [0, 0.05) is 60.6 Å². The number of carbonyl (C=O) groups excluding carboxylic acids is 2. The van der Waals surface area contributed by atoms with Gasteiger partial charge in [0.05, 0.1) is 11.9 Å². The van der Waals surface area contributed by atoms with Gasteiger partial charge >= 0.3 is 0 Å². The molecule has 2 aromatic heterocycles. The van der Waals surface area contributed by atoms with Gasteiger partial charge in [0.15, 0.2) is 0 Å². The lowest BCUT2D eigenvalue weighted by atomic mass is 9.95. The van der Waals surface area contributed by atoms with Crippen LogP contribution in [0.3, 0.4) is 0 Å². The van der Waals surface area contributed by atoms with Crippen molar-refractivity contribution in [2.45, 2.75) is 31.7 Å². The maximum Gasteiger partial charge on any atom is 0.276 e. The fraction of sp³-hybridized carbons (Fsp3) is 0.400. The van der Waals surface area contributed by atoms with Crippen LogP contribution in [0, 0.1) is 11.8 Å². The molecule has 1 aromatic carbocycles. The van der Waals surface area contributed by atoms with E-state index in [2.05, 4.69) is 47.8 Å². The molecule has 2 saturated carbocycles. The maximum absolute atomic E-state index is 13.0. The molecule has 10 nitrogen and oxygen atoms in total. The van der Waals surface area contributed by atoms with E-state index in [1.165, 1.54) is 19.3 Å². The van der Waals surface area contributed by atoms with Gasteiger partial charge < -0.3 is 25.4 Å². The van der Waals surface area contributed by atoms with Crippen molar-refractivity contribution in [2.75, 3.05) is 43.4 Å². The monoisotopic (exact) mass is 538 g/mol. The maximum atomic E-state index is 13.0. The molecule has 3 aromatic rings. The highest BCUT2D eigenvalue weighted by molar-refractivity contribution is 6.14. The van der Waals surface area contributed by atoms with Crippen LogP contribution in [0.2, 0.25) is 0 Å². The Hall–Kier alpha value is -4.18. The summed E-state index contributed by atoms with van der Waals surface area (Å²) in [5.74, 6) is 1.61. The quantitative estimate of drug-likeness (QED) is 0.371. The number of benzene rings is 1. The minimum absolute atomic E-state index is 0.197. The number of anilines is 2. The van der Waals surface area contributed by atoms with Gasteiger partial charge in [0.25, 0.3) is 11.8 Å². The first-order valence-corrected chi connectivity index (χ1v) is 14.2. The summed E-state index contributed by atoms with van der Waals surface area (Å²) in [4.78, 5) is 42.5. The molecule has 2 aliphatic heterocycles. The molecule has 4 heterocycles. The number of amides is 2. The van der Waals surface area contributed by atoms with Crippen molar-refractivity contribution >= 4 is 46.3 Å². The van der Waals surface area contributed by atoms with Crippen LogP contribution in [0.5, 0.6) is 0 Å². The second-order valence-electron chi connectivity index (χ2n) is 11.5. The number of hydrogen-bond acceptors (Lipinski definition) is 7. The van der Waals surface area contributed by atoms with E-state index in [1.807, 2.05) is 30.3 Å². The van der Waals surface area contributed by atoms with Gasteiger partial charge in [-0.2, -0.15) is 0 Å². The fourth-order valence-corrected chi connectivity index (χ4v) is 6.58. The van der Waals surface area contributed by atoms with Crippen LogP contribution in [-0.4, -0.2) is 71.9 Å². The molecule has 3 atom stereocenters. The van der Waals surface area contributed by atoms with Crippen molar-refractivity contribution in [3.05, 3.63) is 59.5 Å². The van der Waals surface area contributed by atoms with E-state index in [1.54, 1.807) is 18.5 Å². The molecule has 4 aliphatic rings. The Kier molecular flexibility index (Phi) is 6.27. The van der Waals surface area contributed by atoms with Gasteiger partial charge in [-0.15, -0.1) is 0 Å². The first kappa shape index (κ1) is 24.8. The number of nitrogens with zero attached hydrogens (tertiary/aromatic N) is 4. The Balaban J connectivity index is 1.05. The lowest BCUT2D eigenvalue weighted by molar-refractivity contribution is -0.115. The minimum atomic E-state index is -0.225. The first-order chi connectivity index (χ1) is 19.5. The molecule has 7 rings (SSSR count). The molecule has 2 amide bonds. The van der Waals surface area contributed by atoms with Gasteiger partial charge in [-0.1, -0.05) is 6.42 Å². The van der Waals surface area contributed by atoms with Crippen LogP contribution in [0.25, 0.3) is 17.1 Å². The summed E-state index contributed by atoms with van der Waals surface area (Å²) < 4.78 is 0. The molecule has 2 bridgehead atoms. The SMILES string of the molecule is CN1CCN(c2ccc(C(=O)Nc3cnc4[nH]cc(C=C5N=C(NC6CC7CCC6C7)NC5=O)c4c3)cc2)CC1. The lowest BCUT2D eigenvalue weighted by Gasteiger charge is -2.34. The van der Waals surface area contributed by atoms with E-state index in [-0.39, 0.29) is 11.8 Å². The molecule has 3 fully saturated rings. The Morgan fingerprint density at radius 2 is 1.93 bits per heavy atom. The van der Waals surface area contributed by atoms with Gasteiger partial charge in [0.1, 0.15) is 11.3 Å². The van der Waals surface area contributed by atoms with Crippen molar-refractivity contribution < 1.29 is 9.59 Å². The van der Waals surface area contributed by atoms with Crippen molar-refractivity contribution in [2.24, 2.45) is 16.8 Å². The van der Waals surface area contributed by atoms with Crippen molar-refractivity contribution in [3.63, 3.8) is 0 Å². The predicted molar refractivity (Wildman–Crippen MR) is 156 cm³/mol. The fourth-order valence-electron chi connectivity index (χ4n) is 6.58. The zero-order valence-electron chi connectivity index (χ0n) is 22.6. The molecule has 3 unspecified atom stereocenters. The molecular formula is C30H34N8O2. The molecule has 2 aliphatic carbocycles. The van der Waals surface area contributed by atoms with Crippen LogP contribution >= 0.6 is 0 Å². The van der Waals surface area contributed by atoms with E-state index in [9.17, 15) is 9.59 Å². The van der Waals surface area contributed by atoms with E-state index in [4.69, 9.17) is 0 Å². The first-order valence-electron chi connectivity index (χ1n) is 14.2. The zero-order chi connectivity index (χ0) is 27.2. The summed E-state index contributed by atoms with van der Waals surface area (Å²) in [7, 11) is 2.14. The number of rotatable bonds is 5. The highest BCUT2D eigenvalue weighted by atomic mass is 16.2. The van der Waals surface area contributed by atoms with Crippen molar-refractivity contribution in [3.8, 4) is 0 Å². The number of fused-ring (bicyclic) bond motifs is 3. The van der Waals surface area contributed by atoms with Crippen LogP contribution in [0.4, 0.5) is 11.4 Å². The molecule has 0 radical (unpaired) electrons. The summed E-state index contributed by atoms with van der Waals surface area (Å²) in [5, 5.41) is 10.1. The second-order valence-corrected chi connectivity index (χ2v) is 11.5. The summed E-state index contributed by atoms with van der Waals surface area (Å²) in [6.07, 6.45) is 10.2. The number of hydrogen-bond donors (Lipinski definition) is 4. The van der Waals surface area contributed by atoms with E-state index >= 15 is 0 Å². The van der Waals surface area contributed by atoms with E-state index in [0.717, 1.165) is 55.2 Å². The Labute approximate surface area is 232 Å². The summed E-state index contributed by atoms with van der Waals surface area (Å²) in [5.41, 5.74) is 4.10. The van der Waals surface area contributed by atoms with Crippen LogP contribution < -0.4 is 20.9 Å². The average molecular weight is 539 g/mol. The summed E-state index contributed by atoms with van der Waals surface area (Å²) in [6, 6.07) is 9.99. The number of pyridine rings is 1. The summed E-state index contributed by atoms with van der Waals surface area (Å²) in [6.45, 7) is 4.03. The van der Waals surface area contributed by atoms with Crippen molar-refractivity contribution in [1.82, 2.24) is 25.5 Å². The molecule has 40 heavy (non-hydrogen) atoms. The number of nitrogens with one attached hydrogen (secondary N) is 4. The second kappa shape index (κ2) is 10.1. The number of aliphatic imine (C=N–C) groups is 1. The molecule has 1 saturated heterocycles.